The van der Waals surface area contributed by atoms with E-state index in [2.05, 4.69) is 10.2 Å². The Morgan fingerprint density at radius 1 is 1.47 bits per heavy atom. The summed E-state index contributed by atoms with van der Waals surface area (Å²) in [7, 11) is -3.55. The van der Waals surface area contributed by atoms with Crippen molar-refractivity contribution in [2.24, 2.45) is 0 Å². The lowest BCUT2D eigenvalue weighted by molar-refractivity contribution is 0.278. The summed E-state index contributed by atoms with van der Waals surface area (Å²) in [5.74, 6) is 0. The summed E-state index contributed by atoms with van der Waals surface area (Å²) in [5.41, 5.74) is 0.293. The third-order valence-corrected chi connectivity index (χ3v) is 4.22. The van der Waals surface area contributed by atoms with Crippen LogP contribution in [0.4, 0.5) is 0 Å². The molecule has 0 radical (unpaired) electrons. The van der Waals surface area contributed by atoms with Crippen molar-refractivity contribution in [3.8, 4) is 0 Å². The van der Waals surface area contributed by atoms with Gasteiger partial charge in [0.05, 0.1) is 12.8 Å². The first-order valence-corrected chi connectivity index (χ1v) is 6.15. The zero-order valence-corrected chi connectivity index (χ0v) is 9.58. The second kappa shape index (κ2) is 4.73. The molecule has 0 spiro atoms. The first kappa shape index (κ1) is 12.2. The largest absolute Gasteiger partial charge is 0.392 e. The van der Waals surface area contributed by atoms with Crippen molar-refractivity contribution in [1.29, 1.82) is 0 Å². The topological polar surface area (TPSA) is 86.3 Å². The zero-order chi connectivity index (χ0) is 11.5. The Labute approximate surface area is 89.0 Å². The number of sulfonamides is 1. The number of hydrogen-bond donors (Lipinski definition) is 2. The van der Waals surface area contributed by atoms with Gasteiger partial charge in [-0.05, 0) is 0 Å². The van der Waals surface area contributed by atoms with E-state index in [-0.39, 0.29) is 11.6 Å². The van der Waals surface area contributed by atoms with E-state index in [0.29, 0.717) is 18.7 Å². The van der Waals surface area contributed by atoms with Gasteiger partial charge in [-0.3, -0.25) is 5.10 Å². The summed E-state index contributed by atoms with van der Waals surface area (Å²) in [6.07, 6.45) is 1.32. The van der Waals surface area contributed by atoms with Crippen LogP contribution in [-0.2, 0) is 16.6 Å². The molecule has 0 atom stereocenters. The van der Waals surface area contributed by atoms with E-state index in [1.807, 2.05) is 0 Å². The zero-order valence-electron chi connectivity index (χ0n) is 8.77. The van der Waals surface area contributed by atoms with Gasteiger partial charge < -0.3 is 5.11 Å². The lowest BCUT2D eigenvalue weighted by atomic mass is 10.4. The highest BCUT2D eigenvalue weighted by Crippen LogP contribution is 2.16. The predicted molar refractivity (Wildman–Crippen MR) is 54.6 cm³/mol. The second-order valence-corrected chi connectivity index (χ2v) is 4.85. The first-order valence-electron chi connectivity index (χ1n) is 4.71. The Kier molecular flexibility index (Phi) is 3.83. The van der Waals surface area contributed by atoms with E-state index in [1.54, 1.807) is 13.8 Å². The van der Waals surface area contributed by atoms with Crippen LogP contribution in [0.3, 0.4) is 0 Å². The van der Waals surface area contributed by atoms with Crippen LogP contribution < -0.4 is 0 Å². The molecular weight excluding hydrogens is 218 g/mol. The van der Waals surface area contributed by atoms with Gasteiger partial charge >= 0.3 is 0 Å². The number of aliphatic hydroxyl groups is 1. The Morgan fingerprint density at radius 2 is 2.07 bits per heavy atom. The standard InChI is InChI=1S/C8H15N3O3S/c1-3-11(4-2)15(13,14)8-7(6-12)5-9-10-8/h5,12H,3-4,6H2,1-2H3,(H,9,10). The van der Waals surface area contributed by atoms with Gasteiger partial charge in [0.1, 0.15) is 0 Å². The molecule has 0 amide bonds. The van der Waals surface area contributed by atoms with Gasteiger partial charge in [-0.25, -0.2) is 8.42 Å². The van der Waals surface area contributed by atoms with Crippen molar-refractivity contribution >= 4 is 10.0 Å². The fraction of sp³-hybridized carbons (Fsp3) is 0.625. The molecule has 0 aliphatic rings. The van der Waals surface area contributed by atoms with Crippen molar-refractivity contribution in [2.75, 3.05) is 13.1 Å². The van der Waals surface area contributed by atoms with E-state index < -0.39 is 10.0 Å². The number of nitrogens with zero attached hydrogens (tertiary/aromatic N) is 2. The summed E-state index contributed by atoms with van der Waals surface area (Å²) in [6.45, 7) is 3.96. The smallest absolute Gasteiger partial charge is 0.260 e. The normalized spacial score (nSPS) is 12.3. The monoisotopic (exact) mass is 233 g/mol. The highest BCUT2D eigenvalue weighted by atomic mass is 32.2. The van der Waals surface area contributed by atoms with Crippen molar-refractivity contribution in [1.82, 2.24) is 14.5 Å². The summed E-state index contributed by atoms with van der Waals surface area (Å²) < 4.78 is 25.3. The van der Waals surface area contributed by atoms with Gasteiger partial charge in [0.15, 0.2) is 5.03 Å². The fourth-order valence-electron chi connectivity index (χ4n) is 1.33. The number of hydrogen-bond acceptors (Lipinski definition) is 4. The molecule has 0 saturated heterocycles. The molecule has 0 bridgehead atoms. The minimum Gasteiger partial charge on any atom is -0.392 e. The molecule has 6 nitrogen and oxygen atoms in total. The minimum absolute atomic E-state index is 0.0197. The van der Waals surface area contributed by atoms with Gasteiger partial charge in [0.2, 0.25) is 0 Å². The molecule has 1 rings (SSSR count). The maximum atomic E-state index is 12.0. The van der Waals surface area contributed by atoms with Crippen LogP contribution >= 0.6 is 0 Å². The highest BCUT2D eigenvalue weighted by molar-refractivity contribution is 7.89. The Hall–Kier alpha value is -0.920. The van der Waals surface area contributed by atoms with E-state index >= 15 is 0 Å². The molecule has 2 N–H and O–H groups in total. The molecule has 0 aliphatic heterocycles. The highest BCUT2D eigenvalue weighted by Gasteiger charge is 2.25. The van der Waals surface area contributed by atoms with Gasteiger partial charge in [0, 0.05) is 18.7 Å². The molecule has 1 aromatic heterocycles. The van der Waals surface area contributed by atoms with Gasteiger partial charge in [0.25, 0.3) is 10.0 Å². The molecular formula is C8H15N3O3S. The fourth-order valence-corrected chi connectivity index (χ4v) is 2.88. The van der Waals surface area contributed by atoms with E-state index in [4.69, 9.17) is 5.11 Å². The molecule has 15 heavy (non-hydrogen) atoms. The average molecular weight is 233 g/mol. The van der Waals surface area contributed by atoms with Crippen molar-refractivity contribution in [3.05, 3.63) is 11.8 Å². The van der Waals surface area contributed by atoms with Crippen LogP contribution in [0.25, 0.3) is 0 Å². The Morgan fingerprint density at radius 3 is 2.53 bits per heavy atom. The molecule has 0 saturated carbocycles. The third-order valence-electron chi connectivity index (χ3n) is 2.15. The van der Waals surface area contributed by atoms with E-state index in [9.17, 15) is 8.42 Å². The lowest BCUT2D eigenvalue weighted by Gasteiger charge is -2.17. The Bertz CT molecular complexity index is 409. The average Bonchev–Trinajstić information content (AvgIpc) is 2.67. The quantitative estimate of drug-likeness (QED) is 0.745. The number of aromatic nitrogens is 2. The molecule has 0 unspecified atom stereocenters. The summed E-state index contributed by atoms with van der Waals surface area (Å²) in [4.78, 5) is 0. The molecule has 1 heterocycles. The summed E-state index contributed by atoms with van der Waals surface area (Å²) in [5, 5.41) is 15.0. The maximum Gasteiger partial charge on any atom is 0.260 e. The predicted octanol–water partition coefficient (Wildman–Crippen LogP) is -0.0675. The first-order chi connectivity index (χ1) is 7.07. The van der Waals surface area contributed by atoms with Crippen LogP contribution in [0.15, 0.2) is 11.2 Å². The minimum atomic E-state index is -3.55. The van der Waals surface area contributed by atoms with Gasteiger partial charge in [-0.2, -0.15) is 9.40 Å². The van der Waals surface area contributed by atoms with E-state index in [0.717, 1.165) is 0 Å². The van der Waals surface area contributed by atoms with Gasteiger partial charge in [-0.1, -0.05) is 13.8 Å². The SMILES string of the molecule is CCN(CC)S(=O)(=O)c1[nH]ncc1CO. The Balaban J connectivity index is 3.16. The number of aromatic amines is 1. The van der Waals surface area contributed by atoms with Crippen LogP contribution in [-0.4, -0.2) is 41.1 Å². The molecule has 1 aromatic rings. The van der Waals surface area contributed by atoms with Crippen molar-refractivity contribution in [3.63, 3.8) is 0 Å². The van der Waals surface area contributed by atoms with Crippen molar-refractivity contribution < 1.29 is 13.5 Å². The summed E-state index contributed by atoms with van der Waals surface area (Å²) >= 11 is 0. The van der Waals surface area contributed by atoms with Crippen LogP contribution in [0, 0.1) is 0 Å². The van der Waals surface area contributed by atoms with Crippen LogP contribution in [0.1, 0.15) is 19.4 Å². The molecule has 0 aliphatic carbocycles. The number of nitrogens with one attached hydrogen (secondary N) is 1. The van der Waals surface area contributed by atoms with Crippen LogP contribution in [0.5, 0.6) is 0 Å². The number of rotatable bonds is 5. The second-order valence-electron chi connectivity index (χ2n) is 2.97. The lowest BCUT2D eigenvalue weighted by Crippen LogP contribution is -2.31. The van der Waals surface area contributed by atoms with Crippen molar-refractivity contribution in [2.45, 2.75) is 25.5 Å². The molecule has 0 aromatic carbocycles. The van der Waals surface area contributed by atoms with E-state index in [1.165, 1.54) is 10.5 Å². The molecule has 7 heteroatoms. The molecule has 0 fully saturated rings. The van der Waals surface area contributed by atoms with Gasteiger partial charge in [-0.15, -0.1) is 0 Å². The number of aliphatic hydroxyl groups excluding tert-OH is 1. The number of H-pyrrole nitrogens is 1. The third kappa shape index (κ3) is 2.19. The summed E-state index contributed by atoms with van der Waals surface area (Å²) in [6, 6.07) is 0. The van der Waals surface area contributed by atoms with Crippen LogP contribution in [0.2, 0.25) is 0 Å². The molecule has 86 valence electrons. The maximum absolute atomic E-state index is 12.0.